The molecule has 0 spiro atoms. The fourth-order valence-corrected chi connectivity index (χ4v) is 1.41. The van der Waals surface area contributed by atoms with Gasteiger partial charge in [0.05, 0.1) is 13.7 Å². The van der Waals surface area contributed by atoms with Gasteiger partial charge in [-0.2, -0.15) is 0 Å². The van der Waals surface area contributed by atoms with Crippen molar-refractivity contribution in [2.45, 2.75) is 6.92 Å². The number of methoxy groups -OCH3 is 1. The van der Waals surface area contributed by atoms with E-state index in [1.165, 1.54) is 0 Å². The van der Waals surface area contributed by atoms with Gasteiger partial charge in [0.1, 0.15) is 18.5 Å². The van der Waals surface area contributed by atoms with Gasteiger partial charge in [0.25, 0.3) is 0 Å². The smallest absolute Gasteiger partial charge is 0.218 e. The summed E-state index contributed by atoms with van der Waals surface area (Å²) in [4.78, 5) is 20.9. The lowest BCUT2D eigenvalue weighted by molar-refractivity contribution is -0.105. The number of ether oxygens (including phenoxy) is 1. The van der Waals surface area contributed by atoms with Crippen molar-refractivity contribution in [3.05, 3.63) is 23.2 Å². The summed E-state index contributed by atoms with van der Waals surface area (Å²) >= 11 is 0. The third-order valence-corrected chi connectivity index (χ3v) is 2.31. The predicted molar refractivity (Wildman–Crippen MR) is 56.5 cm³/mol. The van der Waals surface area contributed by atoms with Crippen LogP contribution in [0.4, 0.5) is 0 Å². The fourth-order valence-electron chi connectivity index (χ4n) is 1.41. The molecule has 5 nitrogen and oxygen atoms in total. The zero-order valence-corrected chi connectivity index (χ0v) is 8.60. The van der Waals surface area contributed by atoms with Gasteiger partial charge in [-0.05, 0) is 6.92 Å². The summed E-state index contributed by atoms with van der Waals surface area (Å²) in [7, 11) is 1.56. The van der Waals surface area contributed by atoms with Crippen molar-refractivity contribution in [1.29, 1.82) is 0 Å². The van der Waals surface area contributed by atoms with E-state index in [9.17, 15) is 4.79 Å². The molecule has 0 atom stereocenters. The lowest BCUT2D eigenvalue weighted by Gasteiger charge is -2.26. The minimum atomic E-state index is 0.519. The molecule has 0 bridgehead atoms. The van der Waals surface area contributed by atoms with Gasteiger partial charge in [0, 0.05) is 17.3 Å². The molecule has 2 aliphatic heterocycles. The van der Waals surface area contributed by atoms with Crippen molar-refractivity contribution in [2.75, 3.05) is 13.7 Å². The Hall–Kier alpha value is -1.91. The number of carbonyl (C=O) groups excluding carboxylic acids is 1. The number of aldehydes is 1. The van der Waals surface area contributed by atoms with Crippen LogP contribution in [0.3, 0.4) is 0 Å². The van der Waals surface area contributed by atoms with Crippen LogP contribution in [-0.2, 0) is 9.53 Å². The maximum atomic E-state index is 10.7. The van der Waals surface area contributed by atoms with Gasteiger partial charge >= 0.3 is 0 Å². The van der Waals surface area contributed by atoms with Gasteiger partial charge in [-0.25, -0.2) is 9.98 Å². The summed E-state index contributed by atoms with van der Waals surface area (Å²) in [5, 5.41) is 0. The van der Waals surface area contributed by atoms with Crippen LogP contribution in [-0.4, -0.2) is 37.0 Å². The van der Waals surface area contributed by atoms with Crippen LogP contribution in [0.15, 0.2) is 33.2 Å². The molecule has 0 amide bonds. The van der Waals surface area contributed by atoms with Crippen LogP contribution < -0.4 is 0 Å². The van der Waals surface area contributed by atoms with Crippen molar-refractivity contribution in [3.63, 3.8) is 0 Å². The number of carbonyl (C=O) groups is 1. The number of nitrogens with zero attached hydrogens (tertiary/aromatic N) is 3. The lowest BCUT2D eigenvalue weighted by atomic mass is 10.2. The molecule has 0 aromatic rings. The SMILES string of the molecule is COC1=CC2=NC(C)=C(C=O)CN2C=N1. The van der Waals surface area contributed by atoms with Crippen LogP contribution in [0.2, 0.25) is 0 Å². The highest BCUT2D eigenvalue weighted by Gasteiger charge is 2.20. The Kier molecular flexibility index (Phi) is 2.37. The third-order valence-electron chi connectivity index (χ3n) is 2.31. The second-order valence-corrected chi connectivity index (χ2v) is 3.26. The standard InChI is InChI=1S/C10H11N3O2/c1-7-8(5-14)4-13-6-11-10(15-2)3-9(13)12-7/h3,5-6H,4H2,1-2H3. The normalized spacial score (nSPS) is 19.5. The van der Waals surface area contributed by atoms with E-state index in [1.807, 2.05) is 6.92 Å². The van der Waals surface area contributed by atoms with Gasteiger partial charge < -0.3 is 9.64 Å². The first kappa shape index (κ1) is 9.64. The number of rotatable bonds is 2. The lowest BCUT2D eigenvalue weighted by Crippen LogP contribution is -2.35. The largest absolute Gasteiger partial charge is 0.481 e. The van der Waals surface area contributed by atoms with Gasteiger partial charge in [-0.15, -0.1) is 0 Å². The quantitative estimate of drug-likeness (QED) is 0.623. The molecule has 2 heterocycles. The number of aliphatic imine (C=N–C) groups is 2. The molecule has 0 aliphatic carbocycles. The van der Waals surface area contributed by atoms with Crippen LogP contribution in [0.25, 0.3) is 0 Å². The Morgan fingerprint density at radius 1 is 1.60 bits per heavy atom. The molecular formula is C10H11N3O2. The minimum absolute atomic E-state index is 0.519. The van der Waals surface area contributed by atoms with Crippen molar-refractivity contribution in [1.82, 2.24) is 4.90 Å². The first-order valence-electron chi connectivity index (χ1n) is 4.54. The molecule has 0 N–H and O–H groups in total. The summed E-state index contributed by atoms with van der Waals surface area (Å²) in [6, 6.07) is 0. The first-order valence-corrected chi connectivity index (χ1v) is 4.54. The molecule has 2 aliphatic rings. The molecule has 0 aromatic heterocycles. The zero-order chi connectivity index (χ0) is 10.8. The molecule has 78 valence electrons. The first-order chi connectivity index (χ1) is 7.24. The van der Waals surface area contributed by atoms with E-state index < -0.39 is 0 Å². The maximum Gasteiger partial charge on any atom is 0.218 e. The summed E-state index contributed by atoms with van der Waals surface area (Å²) < 4.78 is 5.00. The van der Waals surface area contributed by atoms with Crippen LogP contribution in [0.1, 0.15) is 6.92 Å². The molecule has 0 saturated carbocycles. The monoisotopic (exact) mass is 205 g/mol. The molecule has 0 radical (unpaired) electrons. The number of hydrogen-bond acceptors (Lipinski definition) is 5. The van der Waals surface area contributed by atoms with E-state index in [0.717, 1.165) is 17.8 Å². The molecule has 0 fully saturated rings. The average Bonchev–Trinajstić information content (AvgIpc) is 2.27. The van der Waals surface area contributed by atoms with Crippen molar-refractivity contribution >= 4 is 18.5 Å². The highest BCUT2D eigenvalue weighted by Crippen LogP contribution is 2.17. The highest BCUT2D eigenvalue weighted by molar-refractivity contribution is 6.04. The van der Waals surface area contributed by atoms with Crippen LogP contribution >= 0.6 is 0 Å². The summed E-state index contributed by atoms with van der Waals surface area (Å²) in [6.45, 7) is 2.34. The number of hydrogen-bond donors (Lipinski definition) is 0. The molecule has 2 rings (SSSR count). The third kappa shape index (κ3) is 1.68. The van der Waals surface area contributed by atoms with Crippen LogP contribution in [0.5, 0.6) is 0 Å². The average molecular weight is 205 g/mol. The predicted octanol–water partition coefficient (Wildman–Crippen LogP) is 0.703. The summed E-state index contributed by atoms with van der Waals surface area (Å²) in [5.41, 5.74) is 1.43. The van der Waals surface area contributed by atoms with E-state index in [4.69, 9.17) is 4.74 Å². The molecule has 5 heteroatoms. The van der Waals surface area contributed by atoms with E-state index >= 15 is 0 Å². The Labute approximate surface area is 87.5 Å². The molecule has 0 aromatic carbocycles. The van der Waals surface area contributed by atoms with Gasteiger partial charge in [-0.3, -0.25) is 4.79 Å². The number of allylic oxidation sites excluding steroid dienone is 1. The number of amidine groups is 1. The minimum Gasteiger partial charge on any atom is -0.481 e. The summed E-state index contributed by atoms with van der Waals surface area (Å²) in [5.74, 6) is 1.28. The van der Waals surface area contributed by atoms with Crippen molar-refractivity contribution in [2.24, 2.45) is 9.98 Å². The molecule has 0 unspecified atom stereocenters. The Morgan fingerprint density at radius 3 is 3.07 bits per heavy atom. The van der Waals surface area contributed by atoms with Crippen LogP contribution in [0, 0.1) is 0 Å². The number of fused-ring (bicyclic) bond motifs is 1. The van der Waals surface area contributed by atoms with Crippen molar-refractivity contribution in [3.8, 4) is 0 Å². The summed E-state index contributed by atoms with van der Waals surface area (Å²) in [6.07, 6.45) is 4.19. The second kappa shape index (κ2) is 3.68. The van der Waals surface area contributed by atoms with E-state index in [2.05, 4.69) is 9.98 Å². The van der Waals surface area contributed by atoms with Gasteiger partial charge in [0.2, 0.25) is 5.88 Å². The Morgan fingerprint density at radius 2 is 2.40 bits per heavy atom. The highest BCUT2D eigenvalue weighted by atomic mass is 16.5. The topological polar surface area (TPSA) is 54.3 Å². The second-order valence-electron chi connectivity index (χ2n) is 3.26. The fraction of sp³-hybridized carbons (Fsp3) is 0.300. The zero-order valence-electron chi connectivity index (χ0n) is 8.60. The molecular weight excluding hydrogens is 194 g/mol. The Bertz CT molecular complexity index is 418. The van der Waals surface area contributed by atoms with E-state index in [-0.39, 0.29) is 0 Å². The van der Waals surface area contributed by atoms with Gasteiger partial charge in [0.15, 0.2) is 0 Å². The Balaban J connectivity index is 2.36. The van der Waals surface area contributed by atoms with Crippen molar-refractivity contribution < 1.29 is 9.53 Å². The molecule has 15 heavy (non-hydrogen) atoms. The van der Waals surface area contributed by atoms with Gasteiger partial charge in [-0.1, -0.05) is 0 Å². The molecule has 0 saturated heterocycles. The maximum absolute atomic E-state index is 10.7. The van der Waals surface area contributed by atoms with E-state index in [1.54, 1.807) is 24.4 Å². The van der Waals surface area contributed by atoms with E-state index in [0.29, 0.717) is 18.0 Å².